The molecule has 3 rings (SSSR count). The fraction of sp³-hybridized carbons (Fsp3) is 0.583. The fourth-order valence-corrected chi connectivity index (χ4v) is 2.77. The average Bonchev–Trinajstić information content (AvgIpc) is 2.30. The molecule has 6 nitrogen and oxygen atoms in total. The molecular weight excluding hydrogens is 287 g/mol. The second kappa shape index (κ2) is 4.83. The van der Waals surface area contributed by atoms with Crippen molar-refractivity contribution in [1.82, 2.24) is 20.6 Å². The number of amides is 2. The average molecular weight is 301 g/mol. The third kappa shape index (κ3) is 2.92. The first-order valence-electron chi connectivity index (χ1n) is 6.54. The molecule has 2 amide bonds. The van der Waals surface area contributed by atoms with Crippen LogP contribution >= 0.6 is 0 Å². The van der Waals surface area contributed by atoms with Crippen molar-refractivity contribution in [3.05, 3.63) is 18.1 Å². The predicted molar refractivity (Wildman–Crippen MR) is 67.5 cm³/mol. The summed E-state index contributed by atoms with van der Waals surface area (Å²) in [4.78, 5) is 18.5. The minimum absolute atomic E-state index is 0.0658. The maximum atomic E-state index is 12.5. The summed E-state index contributed by atoms with van der Waals surface area (Å²) in [5, 5.41) is 8.21. The highest BCUT2D eigenvalue weighted by molar-refractivity contribution is 5.88. The van der Waals surface area contributed by atoms with Gasteiger partial charge in [-0.25, -0.2) is 14.8 Å². The number of rotatable bonds is 2. The first kappa shape index (κ1) is 14.1. The van der Waals surface area contributed by atoms with E-state index in [4.69, 9.17) is 0 Å². The fourth-order valence-electron chi connectivity index (χ4n) is 2.77. The first-order chi connectivity index (χ1) is 9.86. The molecule has 0 aromatic carbocycles. The Balaban J connectivity index is 1.53. The van der Waals surface area contributed by atoms with Crippen molar-refractivity contribution in [2.75, 3.05) is 18.4 Å². The van der Waals surface area contributed by atoms with E-state index in [9.17, 15) is 18.0 Å². The molecule has 1 aliphatic carbocycles. The van der Waals surface area contributed by atoms with Gasteiger partial charge in [0.25, 0.3) is 0 Å². The molecule has 0 bridgehead atoms. The Labute approximate surface area is 118 Å². The van der Waals surface area contributed by atoms with Crippen LogP contribution in [0.5, 0.6) is 0 Å². The molecule has 1 saturated heterocycles. The lowest BCUT2D eigenvalue weighted by Gasteiger charge is -2.54. The number of carbonyl (C=O) groups is 1. The number of nitrogens with one attached hydrogen (secondary N) is 3. The summed E-state index contributed by atoms with van der Waals surface area (Å²) in [5.74, 6) is -0.172. The molecule has 2 aliphatic rings. The number of hydrogen-bond donors (Lipinski definition) is 3. The van der Waals surface area contributed by atoms with Crippen LogP contribution in [0.3, 0.4) is 0 Å². The smallest absolute Gasteiger partial charge is 0.335 e. The number of hydrogen-bond acceptors (Lipinski definition) is 4. The van der Waals surface area contributed by atoms with E-state index in [0.29, 0.717) is 11.5 Å². The van der Waals surface area contributed by atoms with Crippen LogP contribution in [0.25, 0.3) is 0 Å². The number of aromatic nitrogens is 2. The zero-order valence-electron chi connectivity index (χ0n) is 11.0. The molecule has 21 heavy (non-hydrogen) atoms. The lowest BCUT2D eigenvalue weighted by molar-refractivity contribution is -0.141. The third-order valence-electron chi connectivity index (χ3n) is 3.89. The normalized spacial score (nSPS) is 20.5. The number of anilines is 1. The molecule has 0 radical (unpaired) electrons. The highest BCUT2D eigenvalue weighted by Crippen LogP contribution is 2.44. The van der Waals surface area contributed by atoms with E-state index < -0.39 is 17.9 Å². The molecule has 1 saturated carbocycles. The molecule has 2 heterocycles. The van der Waals surface area contributed by atoms with Gasteiger partial charge in [0, 0.05) is 25.2 Å². The van der Waals surface area contributed by atoms with Gasteiger partial charge in [-0.2, -0.15) is 13.2 Å². The lowest BCUT2D eigenvalue weighted by atomic mass is 9.62. The molecule has 114 valence electrons. The third-order valence-corrected chi connectivity index (χ3v) is 3.89. The minimum Gasteiger partial charge on any atom is -0.335 e. The predicted octanol–water partition coefficient (Wildman–Crippen LogP) is 1.37. The van der Waals surface area contributed by atoms with Gasteiger partial charge in [0.1, 0.15) is 17.8 Å². The van der Waals surface area contributed by atoms with Gasteiger partial charge < -0.3 is 10.6 Å². The Kier molecular flexibility index (Phi) is 3.23. The maximum absolute atomic E-state index is 12.5. The summed E-state index contributed by atoms with van der Waals surface area (Å²) < 4.78 is 37.5. The monoisotopic (exact) mass is 301 g/mol. The van der Waals surface area contributed by atoms with Crippen molar-refractivity contribution in [2.24, 2.45) is 5.41 Å². The van der Waals surface area contributed by atoms with Crippen LogP contribution in [0.4, 0.5) is 23.8 Å². The van der Waals surface area contributed by atoms with Crippen LogP contribution in [0, 0.1) is 5.41 Å². The molecule has 1 spiro atoms. The SMILES string of the molecule is O=C(Nc1cc(C(F)(F)F)ncn1)NC1CC2(CNC2)C1. The Hall–Kier alpha value is -1.90. The maximum Gasteiger partial charge on any atom is 0.433 e. The van der Waals surface area contributed by atoms with E-state index in [0.717, 1.165) is 32.3 Å². The van der Waals surface area contributed by atoms with Crippen molar-refractivity contribution in [2.45, 2.75) is 25.1 Å². The Bertz CT molecular complexity index is 550. The second-order valence-corrected chi connectivity index (χ2v) is 5.59. The number of halogens is 3. The van der Waals surface area contributed by atoms with Crippen LogP contribution in [-0.4, -0.2) is 35.1 Å². The van der Waals surface area contributed by atoms with Crippen molar-refractivity contribution in [3.8, 4) is 0 Å². The quantitative estimate of drug-likeness (QED) is 0.771. The lowest BCUT2D eigenvalue weighted by Crippen LogP contribution is -2.65. The molecule has 0 unspecified atom stereocenters. The van der Waals surface area contributed by atoms with E-state index in [-0.39, 0.29) is 11.9 Å². The highest BCUT2D eigenvalue weighted by Gasteiger charge is 2.48. The van der Waals surface area contributed by atoms with Gasteiger partial charge in [-0.15, -0.1) is 0 Å². The molecule has 1 aliphatic heterocycles. The number of carbonyl (C=O) groups excluding carboxylic acids is 1. The summed E-state index contributed by atoms with van der Waals surface area (Å²) in [6.07, 6.45) is -2.00. The molecule has 0 atom stereocenters. The largest absolute Gasteiger partial charge is 0.433 e. The molecule has 9 heteroatoms. The summed E-state index contributed by atoms with van der Waals surface area (Å²) in [6.45, 7) is 1.93. The Morgan fingerprint density at radius 3 is 2.62 bits per heavy atom. The molecular formula is C12H14F3N5O. The van der Waals surface area contributed by atoms with Crippen LogP contribution in [0.1, 0.15) is 18.5 Å². The van der Waals surface area contributed by atoms with Crippen LogP contribution < -0.4 is 16.0 Å². The first-order valence-corrected chi connectivity index (χ1v) is 6.54. The van der Waals surface area contributed by atoms with Gasteiger partial charge in [0.2, 0.25) is 0 Å². The summed E-state index contributed by atoms with van der Waals surface area (Å²) >= 11 is 0. The van der Waals surface area contributed by atoms with E-state index in [1.165, 1.54) is 0 Å². The van der Waals surface area contributed by atoms with Crippen molar-refractivity contribution >= 4 is 11.8 Å². The minimum atomic E-state index is -4.56. The zero-order chi connectivity index (χ0) is 15.1. The molecule has 1 aromatic rings. The number of urea groups is 1. The van der Waals surface area contributed by atoms with Crippen molar-refractivity contribution < 1.29 is 18.0 Å². The summed E-state index contributed by atoms with van der Waals surface area (Å²) in [5.41, 5.74) is -0.771. The number of alkyl halides is 3. The Morgan fingerprint density at radius 2 is 2.05 bits per heavy atom. The van der Waals surface area contributed by atoms with Crippen molar-refractivity contribution in [3.63, 3.8) is 0 Å². The zero-order valence-corrected chi connectivity index (χ0v) is 11.0. The van der Waals surface area contributed by atoms with E-state index >= 15 is 0 Å². The van der Waals surface area contributed by atoms with E-state index in [1.807, 2.05) is 0 Å². The van der Waals surface area contributed by atoms with Gasteiger partial charge in [0.15, 0.2) is 0 Å². The van der Waals surface area contributed by atoms with Gasteiger partial charge in [0.05, 0.1) is 0 Å². The van der Waals surface area contributed by atoms with Gasteiger partial charge in [-0.05, 0) is 18.3 Å². The molecule has 1 aromatic heterocycles. The summed E-state index contributed by atoms with van der Waals surface area (Å²) in [7, 11) is 0. The second-order valence-electron chi connectivity index (χ2n) is 5.59. The topological polar surface area (TPSA) is 78.9 Å². The van der Waals surface area contributed by atoms with Crippen LogP contribution in [0.2, 0.25) is 0 Å². The highest BCUT2D eigenvalue weighted by atomic mass is 19.4. The van der Waals surface area contributed by atoms with Crippen molar-refractivity contribution in [1.29, 1.82) is 0 Å². The van der Waals surface area contributed by atoms with Gasteiger partial charge in [-0.1, -0.05) is 0 Å². The molecule has 2 fully saturated rings. The standard InChI is InChI=1S/C12H14F3N5O/c13-12(14,15)8-1-9(18-6-17-8)20-10(21)19-7-2-11(3-7)4-16-5-11/h1,6-7,16H,2-5H2,(H2,17,18,19,20,21). The molecule has 3 N–H and O–H groups in total. The summed E-state index contributed by atoms with van der Waals surface area (Å²) in [6, 6.07) is 0.225. The van der Waals surface area contributed by atoms with E-state index in [1.54, 1.807) is 0 Å². The van der Waals surface area contributed by atoms with Gasteiger partial charge >= 0.3 is 12.2 Å². The Morgan fingerprint density at radius 1 is 1.33 bits per heavy atom. The van der Waals surface area contributed by atoms with Gasteiger partial charge in [-0.3, -0.25) is 5.32 Å². The van der Waals surface area contributed by atoms with Crippen LogP contribution in [-0.2, 0) is 6.18 Å². The van der Waals surface area contributed by atoms with Crippen LogP contribution in [0.15, 0.2) is 12.4 Å². The van der Waals surface area contributed by atoms with E-state index in [2.05, 4.69) is 25.9 Å². The number of nitrogens with zero attached hydrogens (tertiary/aromatic N) is 2.